The van der Waals surface area contributed by atoms with Crippen LogP contribution < -0.4 is 21.9 Å². The van der Waals surface area contributed by atoms with E-state index in [1.807, 2.05) is 13.0 Å². The van der Waals surface area contributed by atoms with E-state index in [0.717, 1.165) is 11.3 Å². The lowest BCUT2D eigenvalue weighted by atomic mass is 9.96. The number of H-pyrrole nitrogens is 1. The zero-order valence-corrected chi connectivity index (χ0v) is 20.0. The second kappa shape index (κ2) is 10.2. The first kappa shape index (κ1) is 25.2. The number of amides is 1. The number of nitrogens with two attached hydrogens (primary N) is 1. The summed E-state index contributed by atoms with van der Waals surface area (Å²) in [5.41, 5.74) is 4.69. The molecule has 0 aliphatic carbocycles. The van der Waals surface area contributed by atoms with Crippen molar-refractivity contribution in [1.29, 1.82) is 5.26 Å². The van der Waals surface area contributed by atoms with E-state index < -0.39 is 27.2 Å². The fourth-order valence-electron chi connectivity index (χ4n) is 4.09. The van der Waals surface area contributed by atoms with Gasteiger partial charge < -0.3 is 10.6 Å². The summed E-state index contributed by atoms with van der Waals surface area (Å²) in [5.74, 6) is -0.990. The third-order valence-electron chi connectivity index (χ3n) is 6.04. The maximum Gasteiger partial charge on any atom is 0.330 e. The van der Waals surface area contributed by atoms with Crippen molar-refractivity contribution in [3.63, 3.8) is 0 Å². The molecule has 1 fully saturated rings. The minimum atomic E-state index is -3.89. The summed E-state index contributed by atoms with van der Waals surface area (Å²) in [7, 11) is -2.47. The van der Waals surface area contributed by atoms with Crippen molar-refractivity contribution in [3.05, 3.63) is 50.7 Å². The van der Waals surface area contributed by atoms with Gasteiger partial charge in [0.1, 0.15) is 11.9 Å². The monoisotopic (exact) mass is 488 g/mol. The molecular weight excluding hydrogens is 460 g/mol. The number of nitrogens with one attached hydrogen (secondary N) is 1. The number of sulfonamides is 1. The van der Waals surface area contributed by atoms with Gasteiger partial charge in [-0.1, -0.05) is 25.5 Å². The Morgan fingerprint density at radius 2 is 1.91 bits per heavy atom. The minimum absolute atomic E-state index is 0.0620. The average Bonchev–Trinajstić information content (AvgIpc) is 2.83. The van der Waals surface area contributed by atoms with E-state index in [4.69, 9.17) is 5.73 Å². The standard InChI is InChI=1S/C22H28N6O5S/c1-3-4-11-28-19(24)18(20(29)25-22(28)31)26(2)21(30)15-9-12-27(13-10-15)34(32,33)17-8-6-5-7-16(17)14-23/h5-8,15H,3-4,9-13,24H2,1-2H3,(H,25,29,31). The van der Waals surface area contributed by atoms with Gasteiger partial charge in [-0.05, 0) is 31.4 Å². The molecule has 1 amide bonds. The molecule has 34 heavy (non-hydrogen) atoms. The molecule has 1 saturated heterocycles. The molecule has 3 rings (SSSR count). The first-order valence-electron chi connectivity index (χ1n) is 11.0. The van der Waals surface area contributed by atoms with Crippen LogP contribution in [0.1, 0.15) is 38.2 Å². The molecule has 12 heteroatoms. The Labute approximate surface area is 197 Å². The Bertz CT molecular complexity index is 1330. The van der Waals surface area contributed by atoms with Gasteiger partial charge in [-0.25, -0.2) is 13.2 Å². The average molecular weight is 489 g/mol. The van der Waals surface area contributed by atoms with Crippen LogP contribution >= 0.6 is 0 Å². The lowest BCUT2D eigenvalue weighted by Gasteiger charge is -2.32. The normalized spacial score (nSPS) is 15.1. The first-order chi connectivity index (χ1) is 16.1. The van der Waals surface area contributed by atoms with Gasteiger partial charge in [-0.3, -0.25) is 19.1 Å². The van der Waals surface area contributed by atoms with Crippen LogP contribution in [-0.4, -0.2) is 48.3 Å². The number of carbonyl (C=O) groups is 1. The molecule has 1 aromatic heterocycles. The largest absolute Gasteiger partial charge is 0.383 e. The summed E-state index contributed by atoms with van der Waals surface area (Å²) >= 11 is 0. The SMILES string of the molecule is CCCCn1c(N)c(N(C)C(=O)C2CCN(S(=O)(=O)c3ccccc3C#N)CC2)c(=O)[nH]c1=O. The Morgan fingerprint density at radius 3 is 2.53 bits per heavy atom. The van der Waals surface area contributed by atoms with Crippen molar-refractivity contribution < 1.29 is 13.2 Å². The van der Waals surface area contributed by atoms with Crippen LogP contribution in [0.15, 0.2) is 38.8 Å². The summed E-state index contributed by atoms with van der Waals surface area (Å²) in [5, 5.41) is 9.25. The van der Waals surface area contributed by atoms with E-state index in [2.05, 4.69) is 4.98 Å². The number of nitrogen functional groups attached to an aromatic ring is 1. The summed E-state index contributed by atoms with van der Waals surface area (Å²) in [6, 6.07) is 7.88. The number of aromatic amines is 1. The van der Waals surface area contributed by atoms with Crippen LogP contribution in [0.2, 0.25) is 0 Å². The van der Waals surface area contributed by atoms with Crippen LogP contribution in [0.5, 0.6) is 0 Å². The van der Waals surface area contributed by atoms with E-state index in [1.165, 1.54) is 28.1 Å². The van der Waals surface area contributed by atoms with Crippen LogP contribution in [0.25, 0.3) is 0 Å². The van der Waals surface area contributed by atoms with Gasteiger partial charge in [0.15, 0.2) is 5.69 Å². The number of anilines is 2. The number of piperidine rings is 1. The smallest absolute Gasteiger partial charge is 0.330 e. The van der Waals surface area contributed by atoms with Crippen LogP contribution in [0.4, 0.5) is 11.5 Å². The molecule has 0 spiro atoms. The van der Waals surface area contributed by atoms with Gasteiger partial charge in [-0.2, -0.15) is 9.57 Å². The molecule has 1 aliphatic rings. The topological polar surface area (TPSA) is 162 Å². The zero-order valence-electron chi connectivity index (χ0n) is 19.2. The van der Waals surface area contributed by atoms with Crippen molar-refractivity contribution in [2.24, 2.45) is 5.92 Å². The number of nitrogens with zero attached hydrogens (tertiary/aromatic N) is 4. The second-order valence-corrected chi connectivity index (χ2v) is 10.1. The third kappa shape index (κ3) is 4.76. The maximum atomic E-state index is 13.2. The molecule has 1 aliphatic heterocycles. The predicted molar refractivity (Wildman–Crippen MR) is 127 cm³/mol. The van der Waals surface area contributed by atoms with Crippen molar-refractivity contribution in [3.8, 4) is 6.07 Å². The molecule has 0 saturated carbocycles. The molecule has 0 unspecified atom stereocenters. The van der Waals surface area contributed by atoms with Gasteiger partial charge in [0, 0.05) is 32.6 Å². The number of aromatic nitrogens is 2. The Morgan fingerprint density at radius 1 is 1.26 bits per heavy atom. The lowest BCUT2D eigenvalue weighted by Crippen LogP contribution is -2.45. The second-order valence-electron chi connectivity index (χ2n) is 8.18. The number of hydrogen-bond acceptors (Lipinski definition) is 7. The first-order valence-corrected chi connectivity index (χ1v) is 12.5. The number of hydrogen-bond donors (Lipinski definition) is 2. The molecule has 182 valence electrons. The molecular formula is C22H28N6O5S. The zero-order chi connectivity index (χ0) is 25.0. The number of rotatable bonds is 7. The van der Waals surface area contributed by atoms with E-state index >= 15 is 0 Å². The van der Waals surface area contributed by atoms with E-state index in [1.54, 1.807) is 12.1 Å². The fourth-order valence-corrected chi connectivity index (χ4v) is 5.70. The van der Waals surface area contributed by atoms with Crippen molar-refractivity contribution in [2.45, 2.75) is 44.0 Å². The molecule has 2 aromatic rings. The highest BCUT2D eigenvalue weighted by molar-refractivity contribution is 7.89. The van der Waals surface area contributed by atoms with Crippen molar-refractivity contribution in [2.75, 3.05) is 30.8 Å². The number of unbranched alkanes of at least 4 members (excludes halogenated alkanes) is 1. The summed E-state index contributed by atoms with van der Waals surface area (Å²) in [4.78, 5) is 41.1. The predicted octanol–water partition coefficient (Wildman–Crippen LogP) is 0.854. The van der Waals surface area contributed by atoms with Crippen molar-refractivity contribution in [1.82, 2.24) is 13.9 Å². The molecule has 0 atom stereocenters. The molecule has 3 N–H and O–H groups in total. The van der Waals surface area contributed by atoms with E-state index in [-0.39, 0.29) is 53.8 Å². The number of benzene rings is 1. The highest BCUT2D eigenvalue weighted by Crippen LogP contribution is 2.28. The van der Waals surface area contributed by atoms with Gasteiger partial charge >= 0.3 is 5.69 Å². The molecule has 0 radical (unpaired) electrons. The highest BCUT2D eigenvalue weighted by atomic mass is 32.2. The summed E-state index contributed by atoms with van der Waals surface area (Å²) < 4.78 is 28.6. The van der Waals surface area contributed by atoms with Gasteiger partial charge in [0.2, 0.25) is 15.9 Å². The van der Waals surface area contributed by atoms with Crippen LogP contribution in [-0.2, 0) is 21.4 Å². The lowest BCUT2D eigenvalue weighted by molar-refractivity contribution is -0.123. The fraction of sp³-hybridized carbons (Fsp3) is 0.455. The summed E-state index contributed by atoms with van der Waals surface area (Å²) in [6.45, 7) is 2.45. The Balaban J connectivity index is 1.78. The van der Waals surface area contributed by atoms with Crippen LogP contribution in [0.3, 0.4) is 0 Å². The molecule has 11 nitrogen and oxygen atoms in total. The van der Waals surface area contributed by atoms with Crippen molar-refractivity contribution >= 4 is 27.4 Å². The Hall–Kier alpha value is -3.43. The number of carbonyl (C=O) groups excluding carboxylic acids is 1. The summed E-state index contributed by atoms with van der Waals surface area (Å²) in [6.07, 6.45) is 1.97. The van der Waals surface area contributed by atoms with Gasteiger partial charge in [0.25, 0.3) is 5.56 Å². The number of nitriles is 1. The van der Waals surface area contributed by atoms with E-state index in [0.29, 0.717) is 13.0 Å². The minimum Gasteiger partial charge on any atom is -0.383 e. The molecule has 2 heterocycles. The molecule has 0 bridgehead atoms. The van der Waals surface area contributed by atoms with E-state index in [9.17, 15) is 28.1 Å². The third-order valence-corrected chi connectivity index (χ3v) is 8.00. The molecule has 1 aromatic carbocycles. The van der Waals surface area contributed by atoms with Gasteiger partial charge in [0.05, 0.1) is 10.5 Å². The maximum absolute atomic E-state index is 13.2. The quantitative estimate of drug-likeness (QED) is 0.584. The van der Waals surface area contributed by atoms with Gasteiger partial charge in [-0.15, -0.1) is 0 Å². The van der Waals surface area contributed by atoms with Crippen LogP contribution in [0, 0.1) is 17.2 Å². The highest BCUT2D eigenvalue weighted by Gasteiger charge is 2.35. The Kier molecular flexibility index (Phi) is 7.58.